The lowest BCUT2D eigenvalue weighted by Crippen LogP contribution is -2.27. The van der Waals surface area contributed by atoms with Crippen LogP contribution >= 0.6 is 7.82 Å². The Morgan fingerprint density at radius 2 is 1.22 bits per heavy atom. The van der Waals surface area contributed by atoms with E-state index in [0.717, 1.165) is 38.5 Å². The number of rotatable bonds is 27. The predicted molar refractivity (Wildman–Crippen MR) is 146 cm³/mol. The summed E-state index contributed by atoms with van der Waals surface area (Å²) < 4.78 is 26.3. The van der Waals surface area contributed by atoms with Crippen LogP contribution in [0.25, 0.3) is 0 Å². The fraction of sp³-hybridized carbons (Fsp3) is 0.926. The van der Waals surface area contributed by atoms with Crippen molar-refractivity contribution in [1.82, 2.24) is 5.32 Å². The Balaban J connectivity index is 3.60. The molecule has 0 aromatic heterocycles. The summed E-state index contributed by atoms with van der Waals surface area (Å²) in [6, 6.07) is 0. The molecule has 10 heteroatoms. The highest BCUT2D eigenvalue weighted by Crippen LogP contribution is 2.42. The smallest absolute Gasteiger partial charge is 0.463 e. The highest BCUT2D eigenvalue weighted by molar-refractivity contribution is 7.47. The first-order valence-corrected chi connectivity index (χ1v) is 16.0. The van der Waals surface area contributed by atoms with Crippen molar-refractivity contribution in [2.45, 2.75) is 136 Å². The largest absolute Gasteiger partial charge is 0.472 e. The molecular weight excluding hydrogens is 497 g/mol. The number of hydrogen-bond donors (Lipinski definition) is 3. The Bertz CT molecular complexity index is 605. The van der Waals surface area contributed by atoms with Crippen molar-refractivity contribution >= 4 is 19.7 Å². The van der Waals surface area contributed by atoms with Crippen LogP contribution in [0.15, 0.2) is 0 Å². The number of nitrogens with one attached hydrogen (secondary N) is 1. The Hall–Kier alpha value is -0.990. The van der Waals surface area contributed by atoms with E-state index in [-0.39, 0.29) is 32.1 Å². The van der Waals surface area contributed by atoms with Crippen molar-refractivity contribution in [3.05, 3.63) is 0 Å². The van der Waals surface area contributed by atoms with Gasteiger partial charge in [0.25, 0.3) is 0 Å². The quantitative estimate of drug-likeness (QED) is 0.0624. The zero-order valence-corrected chi connectivity index (χ0v) is 24.3. The molecule has 0 saturated carbocycles. The second-order valence-corrected chi connectivity index (χ2v) is 11.2. The maximum Gasteiger partial charge on any atom is 0.472 e. The monoisotopic (exact) mass is 551 g/mol. The Morgan fingerprint density at radius 1 is 0.730 bits per heavy atom. The van der Waals surface area contributed by atoms with E-state index in [1.807, 2.05) is 6.92 Å². The molecule has 0 aromatic rings. The van der Waals surface area contributed by atoms with Crippen molar-refractivity contribution in [3.8, 4) is 0 Å². The Kier molecular flexibility index (Phi) is 24.6. The van der Waals surface area contributed by atoms with E-state index in [9.17, 15) is 24.2 Å². The van der Waals surface area contributed by atoms with Gasteiger partial charge in [0.2, 0.25) is 5.91 Å². The maximum atomic E-state index is 11.9. The normalized spacial score (nSPS) is 13.7. The van der Waals surface area contributed by atoms with Gasteiger partial charge in [0.15, 0.2) is 0 Å². The number of esters is 1. The average Bonchev–Trinajstić information content (AvgIpc) is 2.87. The molecule has 220 valence electrons. The average molecular weight is 552 g/mol. The zero-order chi connectivity index (χ0) is 27.6. The van der Waals surface area contributed by atoms with Crippen LogP contribution in [0, 0.1) is 0 Å². The van der Waals surface area contributed by atoms with Gasteiger partial charge in [-0.15, -0.1) is 0 Å². The van der Waals surface area contributed by atoms with Gasteiger partial charge in [0.05, 0.1) is 13.2 Å². The van der Waals surface area contributed by atoms with Crippen LogP contribution in [0.5, 0.6) is 0 Å². The molecule has 0 aliphatic heterocycles. The molecule has 0 saturated heterocycles. The number of hydrogen-bond acceptors (Lipinski definition) is 7. The van der Waals surface area contributed by atoms with Crippen molar-refractivity contribution in [2.75, 3.05) is 26.4 Å². The summed E-state index contributed by atoms with van der Waals surface area (Å²) in [6.07, 6.45) is 18.3. The molecule has 3 N–H and O–H groups in total. The summed E-state index contributed by atoms with van der Waals surface area (Å²) >= 11 is 0. The van der Waals surface area contributed by atoms with Gasteiger partial charge in [0.1, 0.15) is 12.7 Å². The molecule has 0 radical (unpaired) electrons. The Morgan fingerprint density at radius 3 is 1.78 bits per heavy atom. The number of ether oxygens (including phenoxy) is 1. The van der Waals surface area contributed by atoms with Gasteiger partial charge in [-0.1, -0.05) is 104 Å². The number of amides is 1. The van der Waals surface area contributed by atoms with Crippen LogP contribution in [-0.4, -0.2) is 54.3 Å². The Labute approximate surface area is 225 Å². The molecule has 1 amide bonds. The van der Waals surface area contributed by atoms with Crippen LogP contribution in [-0.2, 0) is 27.9 Å². The second-order valence-electron chi connectivity index (χ2n) is 9.73. The molecule has 0 aliphatic carbocycles. The van der Waals surface area contributed by atoms with Gasteiger partial charge in [-0.25, -0.2) is 4.57 Å². The van der Waals surface area contributed by atoms with Crippen LogP contribution < -0.4 is 5.32 Å². The number of phosphoric ester groups is 1. The molecule has 9 nitrogen and oxygen atoms in total. The molecule has 0 heterocycles. The molecule has 0 spiro atoms. The topological polar surface area (TPSA) is 131 Å². The van der Waals surface area contributed by atoms with Gasteiger partial charge in [-0.3, -0.25) is 18.6 Å². The summed E-state index contributed by atoms with van der Waals surface area (Å²) in [4.78, 5) is 33.1. The summed E-state index contributed by atoms with van der Waals surface area (Å²) in [7, 11) is -4.38. The van der Waals surface area contributed by atoms with E-state index >= 15 is 0 Å². The van der Waals surface area contributed by atoms with Crippen molar-refractivity contribution in [2.24, 2.45) is 0 Å². The molecular formula is C27H54NO8P. The number of carbonyl (C=O) groups excluding carboxylic acids is 2. The van der Waals surface area contributed by atoms with Crippen molar-refractivity contribution < 1.29 is 37.9 Å². The molecule has 0 aromatic carbocycles. The minimum absolute atomic E-state index is 0.0864. The number of unbranched alkanes of at least 4 members (excludes halogenated alkanes) is 14. The first-order valence-electron chi connectivity index (χ1n) is 14.5. The highest BCUT2D eigenvalue weighted by atomic mass is 31.2. The lowest BCUT2D eigenvalue weighted by Gasteiger charge is -2.15. The van der Waals surface area contributed by atoms with E-state index in [0.29, 0.717) is 6.42 Å². The molecule has 0 aliphatic rings. The van der Waals surface area contributed by atoms with E-state index in [2.05, 4.69) is 12.2 Å². The minimum Gasteiger partial charge on any atom is -0.463 e. The lowest BCUT2D eigenvalue weighted by atomic mass is 10.0. The van der Waals surface area contributed by atoms with Crippen molar-refractivity contribution in [1.29, 1.82) is 0 Å². The summed E-state index contributed by atoms with van der Waals surface area (Å²) in [5.41, 5.74) is 0. The number of aliphatic hydroxyl groups excluding tert-OH is 1. The second kappa shape index (κ2) is 25.3. The van der Waals surface area contributed by atoms with E-state index in [1.165, 1.54) is 64.2 Å². The fourth-order valence-corrected chi connectivity index (χ4v) is 4.55. The molecule has 0 fully saturated rings. The van der Waals surface area contributed by atoms with Crippen LogP contribution in [0.1, 0.15) is 129 Å². The van der Waals surface area contributed by atoms with Gasteiger partial charge in [0, 0.05) is 19.4 Å². The first kappa shape index (κ1) is 36.0. The standard InChI is InChI=1S/C27H54NO8P/c1-3-5-7-8-9-10-11-12-13-14-15-16-18-19-26(30)28-21-22-35-37(32,33)36-24-25(29)23-34-27(31)20-17-6-4-2/h25,29H,3-24H2,1-2H3,(H,28,30)(H,32,33). The zero-order valence-electron chi connectivity index (χ0n) is 23.4. The van der Waals surface area contributed by atoms with Gasteiger partial charge >= 0.3 is 13.8 Å². The molecule has 0 rings (SSSR count). The molecule has 37 heavy (non-hydrogen) atoms. The summed E-state index contributed by atoms with van der Waals surface area (Å²) in [5.74, 6) is -0.540. The highest BCUT2D eigenvalue weighted by Gasteiger charge is 2.23. The van der Waals surface area contributed by atoms with Crippen LogP contribution in [0.2, 0.25) is 0 Å². The molecule has 0 bridgehead atoms. The van der Waals surface area contributed by atoms with E-state index in [4.69, 9.17) is 13.8 Å². The first-order chi connectivity index (χ1) is 17.8. The van der Waals surface area contributed by atoms with E-state index < -0.39 is 26.5 Å². The van der Waals surface area contributed by atoms with E-state index in [1.54, 1.807) is 0 Å². The third-order valence-electron chi connectivity index (χ3n) is 6.04. The van der Waals surface area contributed by atoms with Crippen LogP contribution in [0.3, 0.4) is 0 Å². The lowest BCUT2D eigenvalue weighted by molar-refractivity contribution is -0.147. The van der Waals surface area contributed by atoms with Gasteiger partial charge < -0.3 is 20.1 Å². The van der Waals surface area contributed by atoms with Crippen molar-refractivity contribution in [3.63, 3.8) is 0 Å². The number of aliphatic hydroxyl groups is 1. The van der Waals surface area contributed by atoms with Crippen LogP contribution in [0.4, 0.5) is 0 Å². The summed E-state index contributed by atoms with van der Waals surface area (Å²) in [6.45, 7) is 3.33. The SMILES string of the molecule is CCCCCCCCCCCCCCCC(=O)NCCOP(=O)(O)OCC(O)COC(=O)CCCCC. The third kappa shape index (κ3) is 26.4. The minimum atomic E-state index is -4.38. The fourth-order valence-electron chi connectivity index (χ4n) is 3.79. The maximum absolute atomic E-state index is 11.9. The molecule has 2 atom stereocenters. The molecule has 2 unspecified atom stereocenters. The third-order valence-corrected chi connectivity index (χ3v) is 7.02. The van der Waals surface area contributed by atoms with Gasteiger partial charge in [-0.05, 0) is 12.8 Å². The summed E-state index contributed by atoms with van der Waals surface area (Å²) in [5, 5.41) is 12.4. The number of carbonyl (C=O) groups is 2. The van der Waals surface area contributed by atoms with Gasteiger partial charge in [-0.2, -0.15) is 0 Å². The predicted octanol–water partition coefficient (Wildman–Crippen LogP) is 6.20. The number of phosphoric acid groups is 1.